The molecule has 0 saturated heterocycles. The number of nitrogen functional groups attached to an aromatic ring is 1. The van der Waals surface area contributed by atoms with Gasteiger partial charge >= 0.3 is 148 Å². The van der Waals surface area contributed by atoms with Crippen LogP contribution in [0.3, 0.4) is 0 Å². The van der Waals surface area contributed by atoms with E-state index in [2.05, 4.69) is 59.5 Å². The van der Waals surface area contributed by atoms with E-state index in [1.807, 2.05) is 12.1 Å². The Morgan fingerprint density at radius 3 is 1.26 bits per heavy atom. The fourth-order valence-corrected chi connectivity index (χ4v) is 12.5. The average molecular weight is 1460 g/mol. The van der Waals surface area contributed by atoms with Crippen LogP contribution in [0.2, 0.25) is 5.02 Å². The molecule has 0 unspecified atom stereocenters. The Balaban J connectivity index is 0.00000199. The van der Waals surface area contributed by atoms with Crippen LogP contribution >= 0.6 is 23.6 Å². The van der Waals surface area contributed by atoms with Gasteiger partial charge in [-0.25, -0.2) is 58.9 Å². The van der Waals surface area contributed by atoms with Gasteiger partial charge in [-0.2, -0.15) is 19.7 Å². The summed E-state index contributed by atoms with van der Waals surface area (Å²) < 4.78 is 221. The Morgan fingerprint density at radius 1 is 0.528 bits per heavy atom. The van der Waals surface area contributed by atoms with Crippen LogP contribution in [0.1, 0.15) is 18.9 Å². The quantitative estimate of drug-likeness (QED) is 0.00707. The van der Waals surface area contributed by atoms with E-state index in [1.54, 1.807) is 6.07 Å². The molecule has 89 heavy (non-hydrogen) atoms. The number of fused-ring (bicyclic) bond motifs is 1. The van der Waals surface area contributed by atoms with Crippen molar-refractivity contribution in [2.24, 2.45) is 30.7 Å². The summed E-state index contributed by atoms with van der Waals surface area (Å²) >= 11 is 6.35. The zero-order valence-electron chi connectivity index (χ0n) is 47.1. The number of rotatable bonds is 27. The largest absolute Gasteiger partial charge is 1.00 e. The first-order valence-electron chi connectivity index (χ1n) is 22.6. The van der Waals surface area contributed by atoms with E-state index in [-0.39, 0.29) is 202 Å². The average Bonchev–Trinajstić information content (AvgIpc) is 0.867. The van der Waals surface area contributed by atoms with Gasteiger partial charge in [-0.1, -0.05) is 31.0 Å². The molecule has 46 heteroatoms. The number of phenolic OH excluding ortho intramolecular Hbond substituents is 1. The zero-order valence-corrected chi connectivity index (χ0v) is 64.4. The van der Waals surface area contributed by atoms with E-state index in [9.17, 15) is 87.5 Å². The van der Waals surface area contributed by atoms with Crippen LogP contribution in [0, 0.1) is 0 Å². The van der Waals surface area contributed by atoms with E-state index in [0.717, 1.165) is 79.1 Å². The third kappa shape index (κ3) is 28.6. The number of aromatic hydroxyl groups is 1. The maximum absolute atomic E-state index is 12.5. The van der Waals surface area contributed by atoms with Crippen LogP contribution in [0.15, 0.2) is 158 Å². The van der Waals surface area contributed by atoms with Crippen LogP contribution in [0.25, 0.3) is 10.8 Å². The number of sulfone groups is 3. The summed E-state index contributed by atoms with van der Waals surface area (Å²) in [7, 11) is -32.7. The van der Waals surface area contributed by atoms with Crippen molar-refractivity contribution in [2.45, 2.75) is 44.2 Å². The van der Waals surface area contributed by atoms with Crippen molar-refractivity contribution >= 4 is 145 Å². The molecule has 6 aromatic rings. The number of azo groups is 3. The van der Waals surface area contributed by atoms with Crippen molar-refractivity contribution in [1.29, 1.82) is 0 Å². The van der Waals surface area contributed by atoms with Gasteiger partial charge in [-0.3, -0.25) is 17.6 Å². The molecule has 0 aliphatic heterocycles. The Bertz CT molecular complexity index is 4330. The van der Waals surface area contributed by atoms with Crippen LogP contribution in [-0.2, 0) is 99.2 Å². The summed E-state index contributed by atoms with van der Waals surface area (Å²) in [4.78, 5) is -2.04. The minimum Gasteiger partial charge on any atom is -0.744 e. The Hall–Kier alpha value is -1.13. The fraction of sp³-hybridized carbons (Fsp3) is 0.209. The molecule has 0 bridgehead atoms. The summed E-state index contributed by atoms with van der Waals surface area (Å²) in [6, 6.07) is 21.4. The third-order valence-corrected chi connectivity index (χ3v) is 18.6. The minimum absolute atomic E-state index is 0. The molecular formula is C43H39ClN7Na5O25S8. The van der Waals surface area contributed by atoms with Crippen molar-refractivity contribution < 1.29 is 257 Å². The number of anilines is 1. The molecule has 3 N–H and O–H groups in total. The molecule has 0 fully saturated rings. The van der Waals surface area contributed by atoms with E-state index in [1.165, 1.54) is 24.3 Å². The van der Waals surface area contributed by atoms with Gasteiger partial charge in [0.1, 0.15) is 27.2 Å². The first-order chi connectivity index (χ1) is 39.0. The van der Waals surface area contributed by atoms with Gasteiger partial charge in [0.25, 0.3) is 0 Å². The molecule has 0 amide bonds. The maximum Gasteiger partial charge on any atom is 1.00 e. The molecular weight excluding hydrogens is 1420 g/mol. The van der Waals surface area contributed by atoms with Crippen molar-refractivity contribution in [3.8, 4) is 5.75 Å². The van der Waals surface area contributed by atoms with Gasteiger partial charge in [0.2, 0.25) is 31.2 Å². The second-order valence-corrected chi connectivity index (χ2v) is 28.2. The Morgan fingerprint density at radius 2 is 0.910 bits per heavy atom. The molecule has 0 aliphatic rings. The molecule has 6 aromatic carbocycles. The second kappa shape index (κ2) is 38.6. The van der Waals surface area contributed by atoms with Crippen LogP contribution in [-0.4, -0.2) is 119 Å². The number of hydrogen-bond donors (Lipinski definition) is 2. The van der Waals surface area contributed by atoms with Gasteiger partial charge in [0.05, 0.1) is 107 Å². The van der Waals surface area contributed by atoms with Gasteiger partial charge < -0.3 is 34.3 Å². The summed E-state index contributed by atoms with van der Waals surface area (Å²) in [6.45, 7) is -0.577. The molecule has 32 nitrogen and oxygen atoms in total. The molecule has 0 atom stereocenters. The molecule has 456 valence electrons. The number of hydrogen-bond acceptors (Lipinski definition) is 33. The SMILES string of the molecule is CCCc1ccc(N=Nc2ccc(S(=O)(=O)CCOS(=O)(=O)[O-])cc2)c(Cl)c1.Nc1c(N=Nc2ccc(S(=O)(=O)CCOS(=O)(=O)[O-])cc2)c(S(=O)(=O)[O-])cc2cc(SOO[O-])c(N=Nc3ccc(S(=O)(=O)CCOS(=O)(=O)[O-])cc3)c(O)c12.[Na+].[Na+].[Na+].[Na+].[Na+]. The number of halogens is 1. The number of aryl methyl sites for hydroxylation is 1. The van der Waals surface area contributed by atoms with Gasteiger partial charge in [0, 0.05) is 0 Å². The number of benzene rings is 6. The number of nitrogens with zero attached hydrogens (tertiary/aromatic N) is 6. The van der Waals surface area contributed by atoms with Crippen molar-refractivity contribution in [1.82, 2.24) is 0 Å². The molecule has 6 rings (SSSR count). The Kier molecular flexibility index (Phi) is 38.1. The van der Waals surface area contributed by atoms with Crippen molar-refractivity contribution in [3.63, 3.8) is 0 Å². The van der Waals surface area contributed by atoms with Gasteiger partial charge in [-0.05, 0) is 114 Å². The summed E-state index contributed by atoms with van der Waals surface area (Å²) in [5, 5.41) is 48.5. The zero-order chi connectivity index (χ0) is 62.5. The summed E-state index contributed by atoms with van der Waals surface area (Å²) in [6.07, 6.45) is 1.92. The van der Waals surface area contributed by atoms with Gasteiger partial charge in [-0.15, -0.1) is 15.3 Å². The summed E-state index contributed by atoms with van der Waals surface area (Å²) in [5.41, 5.74) is 6.12. The first kappa shape index (κ1) is 87.9. The predicted octanol–water partition coefficient (Wildman–Crippen LogP) is -9.43. The van der Waals surface area contributed by atoms with E-state index >= 15 is 0 Å². The van der Waals surface area contributed by atoms with Crippen molar-refractivity contribution in [2.75, 3.05) is 42.8 Å². The molecule has 0 spiro atoms. The summed E-state index contributed by atoms with van der Waals surface area (Å²) in [5.74, 6) is -3.24. The second-order valence-electron chi connectivity index (χ2n) is 16.2. The fourth-order valence-electron chi connectivity index (χ4n) is 6.67. The van der Waals surface area contributed by atoms with E-state index < -0.39 is 136 Å². The standard InChI is InChI=1S/C26H25N5O19S6.C17H19ClN2O6S2.5Na/c27-23-22-15(14-21(54(38,39)40)25(23)31-29-17-3-7-19(8-4-17)53(36,37)12-10-48-56(44,45)46)13-20(51-50-49-33)24(26(22)32)30-28-16-1-5-18(6-2-16)52(34,35)11-9-47-55(41,42)43;1-2-3-13-4-9-17(16(18)12-13)20-19-14-5-7-15(8-6-14)27(21,22)11-10-26-28(23,24)25;;;;;/h1-8,13-14,32-33H,9-12,27H2,(H,38,39,40)(H,41,42,43)(H,44,45,46);4-9,12H,2-3,10-11H2,1H3,(H,23,24,25);;;;;/q;;5*+1/p-5. The van der Waals surface area contributed by atoms with E-state index in [0.29, 0.717) is 16.4 Å². The third-order valence-electron chi connectivity index (χ3n) is 10.4. The number of phenols is 1. The molecule has 0 aliphatic carbocycles. The maximum atomic E-state index is 12.5. The van der Waals surface area contributed by atoms with Gasteiger partial charge in [0.15, 0.2) is 35.3 Å². The molecule has 0 saturated carbocycles. The van der Waals surface area contributed by atoms with Crippen LogP contribution < -0.4 is 159 Å². The van der Waals surface area contributed by atoms with Crippen molar-refractivity contribution in [3.05, 3.63) is 114 Å². The monoisotopic (exact) mass is 1460 g/mol. The van der Waals surface area contributed by atoms with Crippen LogP contribution in [0.4, 0.5) is 39.8 Å². The first-order valence-corrected chi connectivity index (χ1v) is 34.0. The topological polar surface area (TPSA) is 521 Å². The van der Waals surface area contributed by atoms with E-state index in [4.69, 9.17) is 17.3 Å². The predicted molar refractivity (Wildman–Crippen MR) is 286 cm³/mol. The number of nitrogens with two attached hydrogens (primary N) is 1. The minimum atomic E-state index is -5.39. The normalized spacial score (nSPS) is 12.3. The molecule has 0 heterocycles. The Labute approximate surface area is 630 Å². The molecule has 0 radical (unpaired) electrons. The smallest absolute Gasteiger partial charge is 0.744 e. The molecule has 0 aromatic heterocycles. The van der Waals surface area contributed by atoms with Crippen LogP contribution in [0.5, 0.6) is 5.75 Å².